The molecule has 9 nitrogen and oxygen atoms in total. The molecule has 1 aliphatic carbocycles. The number of fused-ring (bicyclic) bond motifs is 2. The molecule has 0 amide bonds. The lowest BCUT2D eigenvalue weighted by atomic mass is 9.91. The number of methoxy groups -OCH3 is 1. The minimum absolute atomic E-state index is 0.00851. The molecule has 5 rings (SSSR count). The van der Waals surface area contributed by atoms with Crippen molar-refractivity contribution in [2.45, 2.75) is 57.3 Å². The van der Waals surface area contributed by atoms with Crippen LogP contribution in [0.1, 0.15) is 61.1 Å². The molecule has 0 spiro atoms. The Labute approximate surface area is 198 Å². The van der Waals surface area contributed by atoms with Gasteiger partial charge in [-0.05, 0) is 50.3 Å². The number of hydrogen-bond donors (Lipinski definition) is 2. The van der Waals surface area contributed by atoms with Gasteiger partial charge in [0.1, 0.15) is 23.8 Å². The van der Waals surface area contributed by atoms with E-state index in [1.807, 2.05) is 26.8 Å². The molecule has 3 aromatic heterocycles. The number of nitrogens with two attached hydrogens (primary N) is 1. The van der Waals surface area contributed by atoms with Crippen LogP contribution < -0.4 is 15.8 Å². The molecule has 3 atom stereocenters. The van der Waals surface area contributed by atoms with E-state index in [0.717, 1.165) is 29.2 Å². The Hall–Kier alpha value is -3.30. The Morgan fingerprint density at radius 1 is 1.18 bits per heavy atom. The molecule has 9 heteroatoms. The third-order valence-corrected chi connectivity index (χ3v) is 6.43. The molecule has 1 fully saturated rings. The quantitative estimate of drug-likeness (QED) is 0.504. The lowest BCUT2D eigenvalue weighted by Gasteiger charge is -2.27. The summed E-state index contributed by atoms with van der Waals surface area (Å²) in [6, 6.07) is 5.42. The minimum Gasteiger partial charge on any atom is -0.474 e. The molecular weight excluding hydrogens is 434 g/mol. The standard InChI is InChI=1S/C25H29N5O4/c1-13-14(2)33-24(31)16-7-8-20(30-22(13)16)29-21-9-17-18(10-27-21)23(34-15-5-6-15)28-11-19(17)25(3,26)12-32-4/h7-11,13-15H,5-6,12,26H2,1-4H3,(H,27,29,30)/t13-,14-,25+/m0/s1. The van der Waals surface area contributed by atoms with E-state index in [4.69, 9.17) is 24.9 Å². The fourth-order valence-electron chi connectivity index (χ4n) is 4.20. The van der Waals surface area contributed by atoms with Gasteiger partial charge in [-0.1, -0.05) is 6.92 Å². The molecular formula is C25H29N5O4. The maximum absolute atomic E-state index is 12.2. The van der Waals surface area contributed by atoms with Gasteiger partial charge in [0.2, 0.25) is 5.88 Å². The number of hydrogen-bond acceptors (Lipinski definition) is 9. The van der Waals surface area contributed by atoms with Gasteiger partial charge in [-0.2, -0.15) is 0 Å². The van der Waals surface area contributed by atoms with Crippen LogP contribution in [0.2, 0.25) is 0 Å². The number of cyclic esters (lactones) is 1. The maximum Gasteiger partial charge on any atom is 0.340 e. The predicted octanol–water partition coefficient (Wildman–Crippen LogP) is 3.79. The van der Waals surface area contributed by atoms with Gasteiger partial charge >= 0.3 is 5.97 Å². The van der Waals surface area contributed by atoms with Crippen molar-refractivity contribution in [3.8, 4) is 5.88 Å². The molecule has 0 aromatic carbocycles. The van der Waals surface area contributed by atoms with Crippen LogP contribution in [0, 0.1) is 0 Å². The monoisotopic (exact) mass is 463 g/mol. The summed E-state index contributed by atoms with van der Waals surface area (Å²) < 4.78 is 16.8. The van der Waals surface area contributed by atoms with Gasteiger partial charge in [-0.15, -0.1) is 0 Å². The molecule has 4 heterocycles. The smallest absolute Gasteiger partial charge is 0.340 e. The first-order valence-corrected chi connectivity index (χ1v) is 11.5. The Morgan fingerprint density at radius 3 is 2.71 bits per heavy atom. The summed E-state index contributed by atoms with van der Waals surface area (Å²) >= 11 is 0. The third kappa shape index (κ3) is 4.17. The zero-order valence-electron chi connectivity index (χ0n) is 19.8. The summed E-state index contributed by atoms with van der Waals surface area (Å²) in [5.74, 6) is 1.39. The highest BCUT2D eigenvalue weighted by atomic mass is 16.5. The molecule has 3 aromatic rings. The van der Waals surface area contributed by atoms with Gasteiger partial charge in [0, 0.05) is 31.0 Å². The molecule has 1 saturated carbocycles. The fourth-order valence-corrected chi connectivity index (χ4v) is 4.20. The molecule has 0 saturated heterocycles. The first kappa shape index (κ1) is 22.5. The highest BCUT2D eigenvalue weighted by molar-refractivity contribution is 5.93. The van der Waals surface area contributed by atoms with Gasteiger partial charge in [0.15, 0.2) is 0 Å². The van der Waals surface area contributed by atoms with Gasteiger partial charge in [-0.25, -0.2) is 19.7 Å². The van der Waals surface area contributed by atoms with E-state index in [9.17, 15) is 4.79 Å². The number of nitrogens with one attached hydrogen (secondary N) is 1. The highest BCUT2D eigenvalue weighted by Gasteiger charge is 2.32. The lowest BCUT2D eigenvalue weighted by Crippen LogP contribution is -2.38. The predicted molar refractivity (Wildman–Crippen MR) is 127 cm³/mol. The molecule has 0 unspecified atom stereocenters. The number of rotatable bonds is 7. The van der Waals surface area contributed by atoms with Crippen LogP contribution in [0.5, 0.6) is 5.88 Å². The minimum atomic E-state index is -0.757. The topological polar surface area (TPSA) is 121 Å². The molecule has 0 bridgehead atoms. The summed E-state index contributed by atoms with van der Waals surface area (Å²) in [4.78, 5) is 26.1. The number of esters is 1. The van der Waals surface area contributed by atoms with Gasteiger partial charge < -0.3 is 25.3 Å². The lowest BCUT2D eigenvalue weighted by molar-refractivity contribution is 0.0235. The van der Waals surface area contributed by atoms with Crippen molar-refractivity contribution in [1.82, 2.24) is 15.0 Å². The van der Waals surface area contributed by atoms with E-state index >= 15 is 0 Å². The number of carbonyl (C=O) groups excluding carboxylic acids is 1. The Kier molecular flexibility index (Phi) is 5.61. The van der Waals surface area contributed by atoms with E-state index in [2.05, 4.69) is 15.3 Å². The zero-order chi connectivity index (χ0) is 24.0. The second-order valence-corrected chi connectivity index (χ2v) is 9.41. The molecule has 2 aliphatic rings. The molecule has 0 radical (unpaired) electrons. The van der Waals surface area contributed by atoms with E-state index in [1.54, 1.807) is 31.6 Å². The number of anilines is 2. The summed E-state index contributed by atoms with van der Waals surface area (Å²) in [5.41, 5.74) is 7.89. The third-order valence-electron chi connectivity index (χ3n) is 6.43. The first-order valence-electron chi connectivity index (χ1n) is 11.5. The van der Waals surface area contributed by atoms with Crippen molar-refractivity contribution < 1.29 is 19.0 Å². The highest BCUT2D eigenvalue weighted by Crippen LogP contribution is 2.36. The average Bonchev–Trinajstić information content (AvgIpc) is 3.61. The molecule has 3 N–H and O–H groups in total. The SMILES string of the molecule is COC[C@@](C)(N)c1cnc(OC2CC2)c2cnc(Nc3ccc4c(n3)[C@@H](C)[C@H](C)OC4=O)cc12. The molecule has 34 heavy (non-hydrogen) atoms. The van der Waals surface area contributed by atoms with Crippen LogP contribution in [0.3, 0.4) is 0 Å². The summed E-state index contributed by atoms with van der Waals surface area (Å²) in [6.07, 6.45) is 5.54. The molecule has 1 aliphatic heterocycles. The van der Waals surface area contributed by atoms with E-state index in [-0.39, 0.29) is 24.1 Å². The number of nitrogens with zero attached hydrogens (tertiary/aromatic N) is 3. The van der Waals surface area contributed by atoms with E-state index < -0.39 is 5.54 Å². The summed E-state index contributed by atoms with van der Waals surface area (Å²) in [7, 11) is 1.62. The largest absolute Gasteiger partial charge is 0.474 e. The number of carbonyl (C=O) groups is 1. The zero-order valence-corrected chi connectivity index (χ0v) is 19.8. The summed E-state index contributed by atoms with van der Waals surface area (Å²) in [5, 5.41) is 4.95. The maximum atomic E-state index is 12.2. The van der Waals surface area contributed by atoms with Crippen LogP contribution in [-0.4, -0.2) is 46.8 Å². The van der Waals surface area contributed by atoms with Crippen molar-refractivity contribution in [3.05, 3.63) is 47.4 Å². The number of pyridine rings is 3. The van der Waals surface area contributed by atoms with Crippen molar-refractivity contribution in [3.63, 3.8) is 0 Å². The van der Waals surface area contributed by atoms with E-state index in [0.29, 0.717) is 35.4 Å². The van der Waals surface area contributed by atoms with Crippen LogP contribution in [0.4, 0.5) is 11.6 Å². The van der Waals surface area contributed by atoms with Crippen LogP contribution in [-0.2, 0) is 15.0 Å². The summed E-state index contributed by atoms with van der Waals surface area (Å²) in [6.45, 7) is 6.11. The Bertz CT molecular complexity index is 1260. The average molecular weight is 464 g/mol. The Morgan fingerprint density at radius 2 is 1.97 bits per heavy atom. The van der Waals surface area contributed by atoms with Crippen molar-refractivity contribution >= 4 is 28.4 Å². The fraction of sp³-hybridized carbons (Fsp3) is 0.440. The van der Waals surface area contributed by atoms with E-state index in [1.165, 1.54) is 0 Å². The van der Waals surface area contributed by atoms with Crippen molar-refractivity contribution in [2.24, 2.45) is 5.73 Å². The van der Waals surface area contributed by atoms with Gasteiger partial charge in [0.05, 0.1) is 28.8 Å². The second-order valence-electron chi connectivity index (χ2n) is 9.41. The van der Waals surface area contributed by atoms with Crippen molar-refractivity contribution in [2.75, 3.05) is 19.0 Å². The van der Waals surface area contributed by atoms with Crippen LogP contribution in [0.25, 0.3) is 10.8 Å². The molecule has 178 valence electrons. The van der Waals surface area contributed by atoms with Crippen LogP contribution >= 0.6 is 0 Å². The van der Waals surface area contributed by atoms with Crippen molar-refractivity contribution in [1.29, 1.82) is 0 Å². The van der Waals surface area contributed by atoms with Gasteiger partial charge in [-0.3, -0.25) is 0 Å². The first-order chi connectivity index (χ1) is 16.3. The number of aromatic nitrogens is 3. The normalized spacial score (nSPS) is 21.5. The Balaban J connectivity index is 1.54. The number of ether oxygens (including phenoxy) is 3. The second kappa shape index (κ2) is 8.48. The van der Waals surface area contributed by atoms with Gasteiger partial charge in [0.25, 0.3) is 0 Å². The van der Waals surface area contributed by atoms with Crippen LogP contribution in [0.15, 0.2) is 30.6 Å².